The van der Waals surface area contributed by atoms with Gasteiger partial charge in [-0.1, -0.05) is 18.2 Å². The number of halogens is 2. The number of nitrogens with one attached hydrogen (secondary N) is 1. The van der Waals surface area contributed by atoms with Gasteiger partial charge in [-0.05, 0) is 36.8 Å². The number of carbonyl (C=O) groups is 2. The zero-order valence-corrected chi connectivity index (χ0v) is 16.0. The Morgan fingerprint density at radius 1 is 1.10 bits per heavy atom. The summed E-state index contributed by atoms with van der Waals surface area (Å²) in [4.78, 5) is 26.6. The van der Waals surface area contributed by atoms with Gasteiger partial charge in [0.25, 0.3) is 5.91 Å². The van der Waals surface area contributed by atoms with E-state index in [-0.39, 0.29) is 5.56 Å². The van der Waals surface area contributed by atoms with Crippen LogP contribution >= 0.6 is 0 Å². The fourth-order valence-corrected chi connectivity index (χ4v) is 2.89. The first-order chi connectivity index (χ1) is 13.9. The van der Waals surface area contributed by atoms with Crippen molar-refractivity contribution in [2.75, 3.05) is 31.6 Å². The maximum Gasteiger partial charge on any atom is 0.338 e. The third kappa shape index (κ3) is 5.58. The normalized spacial score (nSPS) is 15.6. The Balaban J connectivity index is 1.55. The molecule has 1 amide bonds. The van der Waals surface area contributed by atoms with Gasteiger partial charge in [0.15, 0.2) is 6.10 Å². The molecule has 0 unspecified atom stereocenters. The molecule has 1 aliphatic heterocycles. The Bertz CT molecular complexity index is 847. The summed E-state index contributed by atoms with van der Waals surface area (Å²) in [6, 6.07) is 10.1. The van der Waals surface area contributed by atoms with Gasteiger partial charge in [0.1, 0.15) is 17.3 Å². The van der Waals surface area contributed by atoms with Gasteiger partial charge in [-0.2, -0.15) is 0 Å². The van der Waals surface area contributed by atoms with E-state index in [2.05, 4.69) is 10.2 Å². The molecule has 2 aromatic rings. The fourth-order valence-electron chi connectivity index (χ4n) is 2.89. The predicted octanol–water partition coefficient (Wildman–Crippen LogP) is 2.98. The van der Waals surface area contributed by atoms with Crippen molar-refractivity contribution in [2.24, 2.45) is 0 Å². The van der Waals surface area contributed by atoms with Crippen molar-refractivity contribution in [2.45, 2.75) is 19.6 Å². The van der Waals surface area contributed by atoms with Crippen molar-refractivity contribution >= 4 is 17.6 Å². The summed E-state index contributed by atoms with van der Waals surface area (Å²) in [6.45, 7) is 5.23. The van der Waals surface area contributed by atoms with E-state index >= 15 is 0 Å². The highest BCUT2D eigenvalue weighted by Gasteiger charge is 2.21. The number of ether oxygens (including phenoxy) is 2. The van der Waals surface area contributed by atoms with E-state index in [9.17, 15) is 18.4 Å². The predicted molar refractivity (Wildman–Crippen MR) is 102 cm³/mol. The molecule has 0 bridgehead atoms. The van der Waals surface area contributed by atoms with E-state index in [1.807, 2.05) is 12.1 Å². The van der Waals surface area contributed by atoms with Gasteiger partial charge in [0.05, 0.1) is 18.8 Å². The highest BCUT2D eigenvalue weighted by atomic mass is 19.1. The highest BCUT2D eigenvalue weighted by molar-refractivity contribution is 5.97. The van der Waals surface area contributed by atoms with E-state index < -0.39 is 35.3 Å². The lowest BCUT2D eigenvalue weighted by molar-refractivity contribution is -0.123. The van der Waals surface area contributed by atoms with E-state index in [0.717, 1.165) is 37.3 Å². The van der Waals surface area contributed by atoms with Crippen LogP contribution in [-0.4, -0.2) is 49.2 Å². The maximum atomic E-state index is 13.6. The third-order valence-corrected chi connectivity index (χ3v) is 4.56. The lowest BCUT2D eigenvalue weighted by atomic mass is 10.1. The number of morpholine rings is 1. The summed E-state index contributed by atoms with van der Waals surface area (Å²) in [5, 5.41) is 2.11. The van der Waals surface area contributed by atoms with Gasteiger partial charge in [0, 0.05) is 19.6 Å². The van der Waals surface area contributed by atoms with Crippen LogP contribution in [0.25, 0.3) is 0 Å². The molecule has 1 N–H and O–H groups in total. The van der Waals surface area contributed by atoms with Gasteiger partial charge < -0.3 is 14.8 Å². The van der Waals surface area contributed by atoms with Crippen LogP contribution in [0.5, 0.6) is 0 Å². The second kappa shape index (κ2) is 9.58. The molecule has 1 saturated heterocycles. The zero-order valence-electron chi connectivity index (χ0n) is 16.0. The Morgan fingerprint density at radius 3 is 2.34 bits per heavy atom. The minimum Gasteiger partial charge on any atom is -0.449 e. The maximum absolute atomic E-state index is 13.6. The van der Waals surface area contributed by atoms with Gasteiger partial charge in [-0.3, -0.25) is 9.69 Å². The molecule has 3 rings (SSSR count). The molecule has 1 heterocycles. The number of hydrogen-bond donors (Lipinski definition) is 1. The molecule has 0 aliphatic carbocycles. The molecule has 1 fully saturated rings. The number of nitrogens with zero attached hydrogens (tertiary/aromatic N) is 1. The van der Waals surface area contributed by atoms with Crippen LogP contribution in [0.1, 0.15) is 22.8 Å². The first-order valence-corrected chi connectivity index (χ1v) is 9.29. The minimum absolute atomic E-state index is 0.285. The second-order valence-electron chi connectivity index (χ2n) is 6.72. The first-order valence-electron chi connectivity index (χ1n) is 9.29. The molecule has 1 atom stereocenters. The van der Waals surface area contributed by atoms with Crippen molar-refractivity contribution in [3.8, 4) is 0 Å². The monoisotopic (exact) mass is 404 g/mol. The van der Waals surface area contributed by atoms with E-state index in [1.165, 1.54) is 13.0 Å². The van der Waals surface area contributed by atoms with Gasteiger partial charge >= 0.3 is 5.97 Å². The quantitative estimate of drug-likeness (QED) is 0.750. The van der Waals surface area contributed by atoms with Crippen LogP contribution in [-0.2, 0) is 20.8 Å². The van der Waals surface area contributed by atoms with Crippen LogP contribution in [0.4, 0.5) is 14.5 Å². The molecule has 0 saturated carbocycles. The molecule has 1 aliphatic rings. The number of esters is 1. The summed E-state index contributed by atoms with van der Waals surface area (Å²) in [5.74, 6) is -3.34. The van der Waals surface area contributed by atoms with Gasteiger partial charge in [0.2, 0.25) is 0 Å². The van der Waals surface area contributed by atoms with Gasteiger partial charge in [-0.15, -0.1) is 0 Å². The molecule has 154 valence electrons. The zero-order chi connectivity index (χ0) is 20.8. The van der Waals surface area contributed by atoms with E-state index in [1.54, 1.807) is 12.1 Å². The summed E-state index contributed by atoms with van der Waals surface area (Å²) in [7, 11) is 0. The third-order valence-electron chi connectivity index (χ3n) is 4.56. The Labute approximate surface area is 167 Å². The van der Waals surface area contributed by atoms with Crippen LogP contribution in [0.3, 0.4) is 0 Å². The Kier molecular flexibility index (Phi) is 6.90. The largest absolute Gasteiger partial charge is 0.449 e. The number of anilines is 1. The molecule has 8 heteroatoms. The summed E-state index contributed by atoms with van der Waals surface area (Å²) >= 11 is 0. The number of para-hydroxylation sites is 1. The van der Waals surface area contributed by atoms with Crippen molar-refractivity contribution in [1.29, 1.82) is 0 Å². The van der Waals surface area contributed by atoms with Crippen LogP contribution in [0.2, 0.25) is 0 Å². The molecule has 29 heavy (non-hydrogen) atoms. The molecule has 0 aromatic heterocycles. The topological polar surface area (TPSA) is 67.9 Å². The van der Waals surface area contributed by atoms with Crippen LogP contribution in [0, 0.1) is 11.6 Å². The van der Waals surface area contributed by atoms with Crippen molar-refractivity contribution in [1.82, 2.24) is 4.90 Å². The number of hydrogen-bond acceptors (Lipinski definition) is 5. The second-order valence-corrected chi connectivity index (χ2v) is 6.72. The summed E-state index contributed by atoms with van der Waals surface area (Å²) in [6.07, 6.45) is -1.23. The Morgan fingerprint density at radius 2 is 1.72 bits per heavy atom. The highest BCUT2D eigenvalue weighted by Crippen LogP contribution is 2.18. The molecule has 0 spiro atoms. The number of carbonyl (C=O) groups excluding carboxylic acids is 2. The van der Waals surface area contributed by atoms with Gasteiger partial charge in [-0.25, -0.2) is 13.6 Å². The standard InChI is InChI=1S/C21H22F2N2O4/c1-14(20(26)24-19-17(22)3-2-4-18(19)23)29-21(27)16-7-5-15(6-8-16)13-25-9-11-28-12-10-25/h2-8,14H,9-13H2,1H3,(H,24,26)/t14-/m0/s1. The summed E-state index contributed by atoms with van der Waals surface area (Å²) in [5.41, 5.74) is 0.754. The minimum atomic E-state index is -1.23. The van der Waals surface area contributed by atoms with Crippen molar-refractivity contribution in [3.05, 3.63) is 65.2 Å². The average molecular weight is 404 g/mol. The number of benzene rings is 2. The molecule has 6 nitrogen and oxygen atoms in total. The van der Waals surface area contributed by atoms with Crippen LogP contribution < -0.4 is 5.32 Å². The molecular formula is C21H22F2N2O4. The lowest BCUT2D eigenvalue weighted by Crippen LogP contribution is -2.35. The summed E-state index contributed by atoms with van der Waals surface area (Å²) < 4.78 is 37.7. The molecular weight excluding hydrogens is 382 g/mol. The average Bonchev–Trinajstić information content (AvgIpc) is 2.72. The number of amides is 1. The molecule has 2 aromatic carbocycles. The first kappa shape index (κ1) is 20.9. The van der Waals surface area contributed by atoms with E-state index in [0.29, 0.717) is 13.2 Å². The fraction of sp³-hybridized carbons (Fsp3) is 0.333. The SMILES string of the molecule is C[C@H](OC(=O)c1ccc(CN2CCOCC2)cc1)C(=O)Nc1c(F)cccc1F. The van der Waals surface area contributed by atoms with E-state index in [4.69, 9.17) is 9.47 Å². The molecule has 0 radical (unpaired) electrons. The number of rotatable bonds is 6. The lowest BCUT2D eigenvalue weighted by Gasteiger charge is -2.26. The van der Waals surface area contributed by atoms with Crippen molar-refractivity contribution < 1.29 is 27.8 Å². The van der Waals surface area contributed by atoms with Crippen molar-refractivity contribution in [3.63, 3.8) is 0 Å². The smallest absolute Gasteiger partial charge is 0.338 e. The van der Waals surface area contributed by atoms with Crippen LogP contribution in [0.15, 0.2) is 42.5 Å². The Hall–Kier alpha value is -2.84.